The summed E-state index contributed by atoms with van der Waals surface area (Å²) in [6, 6.07) is 16.0. The third kappa shape index (κ3) is 3.02. The Morgan fingerprint density at radius 2 is 1.89 bits per heavy atom. The molecule has 0 atom stereocenters. The van der Waals surface area contributed by atoms with E-state index in [0.717, 1.165) is 46.0 Å². The molecule has 0 bridgehead atoms. The van der Waals surface area contributed by atoms with Gasteiger partial charge < -0.3 is 5.32 Å². The van der Waals surface area contributed by atoms with Gasteiger partial charge in [0.15, 0.2) is 11.5 Å². The molecule has 0 radical (unpaired) electrons. The predicted molar refractivity (Wildman–Crippen MR) is 108 cm³/mol. The highest BCUT2D eigenvalue weighted by Gasteiger charge is 2.10. The molecule has 5 rings (SSSR count). The van der Waals surface area contributed by atoms with E-state index < -0.39 is 0 Å². The van der Waals surface area contributed by atoms with Crippen molar-refractivity contribution in [1.29, 1.82) is 0 Å². The van der Waals surface area contributed by atoms with E-state index in [1.807, 2.05) is 64.5 Å². The molecule has 4 heterocycles. The van der Waals surface area contributed by atoms with Crippen molar-refractivity contribution in [2.45, 2.75) is 6.42 Å². The molecule has 1 N–H and O–H groups in total. The van der Waals surface area contributed by atoms with Crippen molar-refractivity contribution >= 4 is 33.7 Å². The van der Waals surface area contributed by atoms with Crippen molar-refractivity contribution in [2.75, 3.05) is 11.9 Å². The van der Waals surface area contributed by atoms with Crippen LogP contribution in [0.4, 0.5) is 5.82 Å². The molecule has 7 heteroatoms. The van der Waals surface area contributed by atoms with Crippen LogP contribution in [0, 0.1) is 0 Å². The van der Waals surface area contributed by atoms with E-state index in [4.69, 9.17) is 9.97 Å². The Labute approximate surface area is 159 Å². The van der Waals surface area contributed by atoms with Crippen LogP contribution in [0.15, 0.2) is 65.5 Å². The Balaban J connectivity index is 1.44. The number of thiophene rings is 1. The van der Waals surface area contributed by atoms with Gasteiger partial charge in [0, 0.05) is 35.5 Å². The van der Waals surface area contributed by atoms with Crippen LogP contribution in [-0.4, -0.2) is 31.1 Å². The van der Waals surface area contributed by atoms with E-state index in [1.54, 1.807) is 11.3 Å². The minimum absolute atomic E-state index is 0.708. The zero-order valence-electron chi connectivity index (χ0n) is 14.4. The van der Waals surface area contributed by atoms with Gasteiger partial charge in [0.1, 0.15) is 11.6 Å². The van der Waals surface area contributed by atoms with Gasteiger partial charge in [0.25, 0.3) is 0 Å². The number of anilines is 1. The molecule has 0 spiro atoms. The van der Waals surface area contributed by atoms with Crippen LogP contribution in [-0.2, 0) is 6.42 Å². The lowest BCUT2D eigenvalue weighted by Crippen LogP contribution is -2.10. The number of nitrogens with one attached hydrogen (secondary N) is 1. The summed E-state index contributed by atoms with van der Waals surface area (Å²) in [5, 5.41) is 17.1. The second kappa shape index (κ2) is 6.77. The first-order chi connectivity index (χ1) is 13.4. The average molecular weight is 372 g/mol. The third-order valence-electron chi connectivity index (χ3n) is 4.41. The van der Waals surface area contributed by atoms with Crippen LogP contribution in [0.1, 0.15) is 5.82 Å². The van der Waals surface area contributed by atoms with Crippen molar-refractivity contribution in [3.63, 3.8) is 0 Å². The maximum atomic E-state index is 4.77. The topological polar surface area (TPSA) is 68.0 Å². The molecule has 0 aliphatic heterocycles. The number of hydrogen-bond donors (Lipinski definition) is 1. The largest absolute Gasteiger partial charge is 0.369 e. The second-order valence-electron chi connectivity index (χ2n) is 6.15. The molecule has 6 nitrogen and oxygen atoms in total. The third-order valence-corrected chi connectivity index (χ3v) is 5.09. The zero-order valence-corrected chi connectivity index (χ0v) is 15.2. The highest BCUT2D eigenvalue weighted by atomic mass is 32.1. The summed E-state index contributed by atoms with van der Waals surface area (Å²) in [4.78, 5) is 9.47. The van der Waals surface area contributed by atoms with Gasteiger partial charge in [-0.25, -0.2) is 9.97 Å². The summed E-state index contributed by atoms with van der Waals surface area (Å²) in [5.74, 6) is 2.51. The Hall–Kier alpha value is -3.32. The van der Waals surface area contributed by atoms with Gasteiger partial charge in [0.05, 0.1) is 5.52 Å². The van der Waals surface area contributed by atoms with Gasteiger partial charge >= 0.3 is 0 Å². The molecular formula is C20H16N6S. The number of para-hydroxylation sites is 1. The maximum Gasteiger partial charge on any atom is 0.162 e. The van der Waals surface area contributed by atoms with Crippen molar-refractivity contribution in [3.05, 3.63) is 71.3 Å². The van der Waals surface area contributed by atoms with Crippen molar-refractivity contribution in [1.82, 2.24) is 24.6 Å². The Bertz CT molecular complexity index is 1210. The summed E-state index contributed by atoms with van der Waals surface area (Å²) in [6.07, 6.45) is 2.73. The molecule has 0 aliphatic rings. The van der Waals surface area contributed by atoms with E-state index in [1.165, 1.54) is 0 Å². The Kier molecular flexibility index (Phi) is 3.99. The smallest absolute Gasteiger partial charge is 0.162 e. The molecule has 1 aromatic carbocycles. The van der Waals surface area contributed by atoms with Crippen molar-refractivity contribution < 1.29 is 0 Å². The first kappa shape index (κ1) is 15.9. The molecule has 0 unspecified atom stereocenters. The van der Waals surface area contributed by atoms with E-state index in [9.17, 15) is 0 Å². The van der Waals surface area contributed by atoms with Crippen LogP contribution in [0.5, 0.6) is 0 Å². The molecule has 0 saturated carbocycles. The fourth-order valence-electron chi connectivity index (χ4n) is 3.09. The van der Waals surface area contributed by atoms with Gasteiger partial charge in [0.2, 0.25) is 0 Å². The van der Waals surface area contributed by atoms with Crippen molar-refractivity contribution in [2.24, 2.45) is 0 Å². The first-order valence-electron chi connectivity index (χ1n) is 8.70. The first-order valence-corrected chi connectivity index (χ1v) is 9.65. The molecule has 132 valence electrons. The SMILES string of the molecule is c1ccc2c(NCCc3nnc4ccccn34)nc(-c3ccsc3)nc2c1. The summed E-state index contributed by atoms with van der Waals surface area (Å²) < 4.78 is 2.01. The van der Waals surface area contributed by atoms with Crippen LogP contribution in [0.25, 0.3) is 27.9 Å². The molecule has 27 heavy (non-hydrogen) atoms. The lowest BCUT2D eigenvalue weighted by atomic mass is 10.2. The monoisotopic (exact) mass is 372 g/mol. The second-order valence-corrected chi connectivity index (χ2v) is 6.93. The fourth-order valence-corrected chi connectivity index (χ4v) is 3.72. The number of nitrogens with zero attached hydrogens (tertiary/aromatic N) is 5. The maximum absolute atomic E-state index is 4.77. The van der Waals surface area contributed by atoms with E-state index in [2.05, 4.69) is 20.9 Å². The highest BCUT2D eigenvalue weighted by Crippen LogP contribution is 2.26. The normalized spacial score (nSPS) is 11.3. The average Bonchev–Trinajstić information content (AvgIpc) is 3.38. The fraction of sp³-hybridized carbons (Fsp3) is 0.100. The van der Waals surface area contributed by atoms with Gasteiger partial charge in [-0.3, -0.25) is 4.40 Å². The van der Waals surface area contributed by atoms with Crippen molar-refractivity contribution in [3.8, 4) is 11.4 Å². The quantitative estimate of drug-likeness (QED) is 0.504. The standard InChI is InChI=1S/C20H16N6S/c1-2-6-16-15(5-1)20(23-19(22-16)14-9-12-27-13-14)21-10-8-18-25-24-17-7-3-4-11-26(17)18/h1-7,9,11-13H,8,10H2,(H,21,22,23). The molecule has 4 aromatic heterocycles. The predicted octanol–water partition coefficient (Wildman–Crippen LogP) is 4.06. The minimum atomic E-state index is 0.708. The van der Waals surface area contributed by atoms with E-state index >= 15 is 0 Å². The number of fused-ring (bicyclic) bond motifs is 2. The molecule has 0 amide bonds. The summed E-state index contributed by atoms with van der Waals surface area (Å²) in [6.45, 7) is 0.708. The lowest BCUT2D eigenvalue weighted by molar-refractivity contribution is 0.868. The van der Waals surface area contributed by atoms with E-state index in [0.29, 0.717) is 6.54 Å². The number of hydrogen-bond acceptors (Lipinski definition) is 6. The molecule has 0 saturated heterocycles. The van der Waals surface area contributed by atoms with Crippen LogP contribution >= 0.6 is 11.3 Å². The minimum Gasteiger partial charge on any atom is -0.369 e. The molecular weight excluding hydrogens is 356 g/mol. The van der Waals surface area contributed by atoms with Gasteiger partial charge in [-0.05, 0) is 35.7 Å². The summed E-state index contributed by atoms with van der Waals surface area (Å²) in [7, 11) is 0. The van der Waals surface area contributed by atoms with Crippen LogP contribution < -0.4 is 5.32 Å². The number of pyridine rings is 1. The molecule has 0 fully saturated rings. The van der Waals surface area contributed by atoms with Gasteiger partial charge in [-0.2, -0.15) is 11.3 Å². The van der Waals surface area contributed by atoms with Gasteiger partial charge in [-0.1, -0.05) is 18.2 Å². The number of rotatable bonds is 5. The highest BCUT2D eigenvalue weighted by molar-refractivity contribution is 7.08. The van der Waals surface area contributed by atoms with Gasteiger partial charge in [-0.15, -0.1) is 10.2 Å². The van der Waals surface area contributed by atoms with Crippen LogP contribution in [0.3, 0.4) is 0 Å². The molecule has 5 aromatic rings. The zero-order chi connectivity index (χ0) is 18.1. The van der Waals surface area contributed by atoms with Crippen LogP contribution in [0.2, 0.25) is 0 Å². The summed E-state index contributed by atoms with van der Waals surface area (Å²) in [5.41, 5.74) is 2.83. The summed E-state index contributed by atoms with van der Waals surface area (Å²) >= 11 is 1.64. The lowest BCUT2D eigenvalue weighted by Gasteiger charge is -2.10. The Morgan fingerprint density at radius 3 is 2.81 bits per heavy atom. The molecule has 0 aliphatic carbocycles. The Morgan fingerprint density at radius 1 is 0.963 bits per heavy atom. The van der Waals surface area contributed by atoms with E-state index in [-0.39, 0.29) is 0 Å². The number of benzene rings is 1. The number of aromatic nitrogens is 5.